The van der Waals surface area contributed by atoms with E-state index in [4.69, 9.17) is 4.74 Å². The van der Waals surface area contributed by atoms with E-state index in [9.17, 15) is 4.79 Å². The Balaban J connectivity index is 2.00. The van der Waals surface area contributed by atoms with Crippen molar-refractivity contribution in [2.24, 2.45) is 0 Å². The zero-order valence-electron chi connectivity index (χ0n) is 12.4. The summed E-state index contributed by atoms with van der Waals surface area (Å²) in [7, 11) is 0. The first-order valence-corrected chi connectivity index (χ1v) is 7.88. The van der Waals surface area contributed by atoms with Gasteiger partial charge in [0.15, 0.2) is 0 Å². The second kappa shape index (κ2) is 6.71. The van der Waals surface area contributed by atoms with Gasteiger partial charge in [0.25, 0.3) is 0 Å². The van der Waals surface area contributed by atoms with Crippen LogP contribution in [0.25, 0.3) is 0 Å². The number of nitrogens with one attached hydrogen (secondary N) is 1. The van der Waals surface area contributed by atoms with Gasteiger partial charge in [-0.25, -0.2) is 0 Å². The van der Waals surface area contributed by atoms with Crippen molar-refractivity contribution in [3.63, 3.8) is 0 Å². The predicted octanol–water partition coefficient (Wildman–Crippen LogP) is 1.94. The van der Waals surface area contributed by atoms with Crippen LogP contribution in [0.15, 0.2) is 0 Å². The van der Waals surface area contributed by atoms with Crippen LogP contribution in [0, 0.1) is 0 Å². The molecule has 1 aliphatic carbocycles. The molecule has 1 N–H and O–H groups in total. The lowest BCUT2D eigenvalue weighted by Crippen LogP contribution is -2.52. The van der Waals surface area contributed by atoms with Crippen molar-refractivity contribution in [3.8, 4) is 0 Å². The molecule has 1 saturated heterocycles. The van der Waals surface area contributed by atoms with Crippen molar-refractivity contribution in [1.82, 2.24) is 10.2 Å². The lowest BCUT2D eigenvalue weighted by molar-refractivity contribution is -0.151. The fourth-order valence-corrected chi connectivity index (χ4v) is 3.49. The van der Waals surface area contributed by atoms with Gasteiger partial charge >= 0.3 is 5.97 Å². The molecule has 4 heteroatoms. The largest absolute Gasteiger partial charge is 0.465 e. The molecule has 2 fully saturated rings. The fraction of sp³-hybridized carbons (Fsp3) is 0.933. The number of hydrogen-bond donors (Lipinski definition) is 1. The summed E-state index contributed by atoms with van der Waals surface area (Å²) in [5.74, 6) is -0.0369. The zero-order chi connectivity index (χ0) is 13.7. The van der Waals surface area contributed by atoms with Gasteiger partial charge in [0.2, 0.25) is 0 Å². The Labute approximate surface area is 116 Å². The van der Waals surface area contributed by atoms with Crippen molar-refractivity contribution < 1.29 is 9.53 Å². The molecular formula is C15H28N2O2. The summed E-state index contributed by atoms with van der Waals surface area (Å²) in [5.41, 5.74) is -0.417. The van der Waals surface area contributed by atoms with Crippen LogP contribution in [0.5, 0.6) is 0 Å². The van der Waals surface area contributed by atoms with Crippen LogP contribution >= 0.6 is 0 Å². The summed E-state index contributed by atoms with van der Waals surface area (Å²) in [4.78, 5) is 14.9. The van der Waals surface area contributed by atoms with Gasteiger partial charge < -0.3 is 15.0 Å². The molecule has 2 unspecified atom stereocenters. The minimum absolute atomic E-state index is 0.0369. The van der Waals surface area contributed by atoms with Crippen LogP contribution in [0.3, 0.4) is 0 Å². The molecule has 0 amide bonds. The number of carbonyl (C=O) groups is 1. The number of rotatable bonds is 6. The highest BCUT2D eigenvalue weighted by molar-refractivity contribution is 5.81. The number of likely N-dealkylation sites (tertiary alicyclic amines) is 1. The summed E-state index contributed by atoms with van der Waals surface area (Å²) in [5, 5.41) is 3.48. The molecule has 1 saturated carbocycles. The van der Waals surface area contributed by atoms with E-state index in [1.807, 2.05) is 6.92 Å². The Morgan fingerprint density at radius 2 is 2.11 bits per heavy atom. The lowest BCUT2D eigenvalue weighted by Gasteiger charge is -2.30. The number of hydrogen-bond acceptors (Lipinski definition) is 4. The van der Waals surface area contributed by atoms with Gasteiger partial charge in [-0.3, -0.25) is 4.79 Å². The Bertz CT molecular complexity index is 303. The molecule has 1 aliphatic heterocycles. The number of carbonyl (C=O) groups excluding carboxylic acids is 1. The molecule has 2 aliphatic rings. The quantitative estimate of drug-likeness (QED) is 0.748. The van der Waals surface area contributed by atoms with Gasteiger partial charge in [0.05, 0.1) is 6.61 Å². The smallest absolute Gasteiger partial charge is 0.326 e. The molecule has 0 aromatic carbocycles. The molecule has 0 aromatic rings. The number of nitrogens with zero attached hydrogens (tertiary/aromatic N) is 1. The van der Waals surface area contributed by atoms with Crippen LogP contribution in [0.1, 0.15) is 52.4 Å². The fourth-order valence-electron chi connectivity index (χ4n) is 3.49. The Morgan fingerprint density at radius 3 is 2.74 bits per heavy atom. The molecule has 1 heterocycles. The lowest BCUT2D eigenvalue weighted by atomic mass is 9.97. The number of ether oxygens (including phenoxy) is 1. The highest BCUT2D eigenvalue weighted by Crippen LogP contribution is 2.35. The molecule has 0 radical (unpaired) electrons. The molecule has 0 bridgehead atoms. The third kappa shape index (κ3) is 3.29. The van der Waals surface area contributed by atoms with E-state index in [0.29, 0.717) is 12.6 Å². The molecule has 4 nitrogen and oxygen atoms in total. The molecule has 2 rings (SSSR count). The normalized spacial score (nSPS) is 31.8. The SMILES string of the molecule is CCCNC1(C(=O)OCC)CCC(N2CCCC2)C1. The average Bonchev–Trinajstić information content (AvgIpc) is 3.06. The maximum atomic E-state index is 12.3. The second-order valence-corrected chi connectivity index (χ2v) is 5.87. The standard InChI is InChI=1S/C15H28N2O2/c1-3-9-16-15(14(18)19-4-2)8-7-13(12-15)17-10-5-6-11-17/h13,16H,3-12H2,1-2H3. The van der Waals surface area contributed by atoms with E-state index >= 15 is 0 Å². The highest BCUT2D eigenvalue weighted by atomic mass is 16.5. The molecule has 0 aromatic heterocycles. The first-order chi connectivity index (χ1) is 9.22. The summed E-state index contributed by atoms with van der Waals surface area (Å²) in [6.07, 6.45) is 6.64. The van der Waals surface area contributed by atoms with Crippen LogP contribution in [-0.2, 0) is 9.53 Å². The Morgan fingerprint density at radius 1 is 1.37 bits per heavy atom. The summed E-state index contributed by atoms with van der Waals surface area (Å²) in [6, 6.07) is 0.566. The van der Waals surface area contributed by atoms with Crippen LogP contribution in [0.2, 0.25) is 0 Å². The summed E-state index contributed by atoms with van der Waals surface area (Å²) < 4.78 is 5.32. The van der Waals surface area contributed by atoms with E-state index in [1.165, 1.54) is 25.9 Å². The summed E-state index contributed by atoms with van der Waals surface area (Å²) >= 11 is 0. The first-order valence-electron chi connectivity index (χ1n) is 7.88. The highest BCUT2D eigenvalue weighted by Gasteiger charge is 2.47. The van der Waals surface area contributed by atoms with E-state index in [0.717, 1.165) is 32.2 Å². The summed E-state index contributed by atoms with van der Waals surface area (Å²) in [6.45, 7) is 7.81. The maximum absolute atomic E-state index is 12.3. The van der Waals surface area contributed by atoms with Crippen molar-refractivity contribution in [2.45, 2.75) is 64.0 Å². The Kier molecular flexibility index (Phi) is 5.22. The van der Waals surface area contributed by atoms with Crippen molar-refractivity contribution >= 4 is 5.97 Å². The van der Waals surface area contributed by atoms with Gasteiger partial charge in [0.1, 0.15) is 5.54 Å². The van der Waals surface area contributed by atoms with E-state index in [2.05, 4.69) is 17.1 Å². The van der Waals surface area contributed by atoms with Crippen LogP contribution in [0.4, 0.5) is 0 Å². The van der Waals surface area contributed by atoms with Crippen LogP contribution in [-0.4, -0.2) is 48.7 Å². The van der Waals surface area contributed by atoms with Crippen molar-refractivity contribution in [1.29, 1.82) is 0 Å². The van der Waals surface area contributed by atoms with E-state index in [1.54, 1.807) is 0 Å². The van der Waals surface area contributed by atoms with Gasteiger partial charge in [-0.2, -0.15) is 0 Å². The second-order valence-electron chi connectivity index (χ2n) is 5.87. The van der Waals surface area contributed by atoms with Crippen molar-refractivity contribution in [3.05, 3.63) is 0 Å². The van der Waals surface area contributed by atoms with Gasteiger partial charge in [-0.05, 0) is 65.1 Å². The minimum Gasteiger partial charge on any atom is -0.465 e. The third-order valence-electron chi connectivity index (χ3n) is 4.53. The molecule has 2 atom stereocenters. The van der Waals surface area contributed by atoms with E-state index < -0.39 is 5.54 Å². The van der Waals surface area contributed by atoms with Gasteiger partial charge in [0, 0.05) is 6.04 Å². The monoisotopic (exact) mass is 268 g/mol. The number of esters is 1. The van der Waals surface area contributed by atoms with Gasteiger partial charge in [-0.15, -0.1) is 0 Å². The van der Waals surface area contributed by atoms with Crippen molar-refractivity contribution in [2.75, 3.05) is 26.2 Å². The maximum Gasteiger partial charge on any atom is 0.326 e. The van der Waals surface area contributed by atoms with E-state index in [-0.39, 0.29) is 5.97 Å². The Hall–Kier alpha value is -0.610. The third-order valence-corrected chi connectivity index (χ3v) is 4.53. The average molecular weight is 268 g/mol. The zero-order valence-corrected chi connectivity index (χ0v) is 12.4. The molecular weight excluding hydrogens is 240 g/mol. The van der Waals surface area contributed by atoms with Crippen LogP contribution < -0.4 is 5.32 Å². The molecule has 0 spiro atoms. The minimum atomic E-state index is -0.417. The topological polar surface area (TPSA) is 41.6 Å². The predicted molar refractivity (Wildman–Crippen MR) is 76.1 cm³/mol. The molecule has 110 valence electrons. The molecule has 19 heavy (non-hydrogen) atoms. The van der Waals surface area contributed by atoms with Gasteiger partial charge in [-0.1, -0.05) is 6.92 Å². The first kappa shape index (κ1) is 14.8.